The van der Waals surface area contributed by atoms with Crippen molar-refractivity contribution < 1.29 is 38.9 Å². The summed E-state index contributed by atoms with van der Waals surface area (Å²) in [5.74, 6) is -4.81. The van der Waals surface area contributed by atoms with Gasteiger partial charge in [0.05, 0.1) is 7.11 Å². The zero-order valence-electron chi connectivity index (χ0n) is 13.1. The molecule has 0 aromatic rings. The highest BCUT2D eigenvalue weighted by Crippen LogP contribution is 2.13. The van der Waals surface area contributed by atoms with Gasteiger partial charge in [-0.3, -0.25) is 19.2 Å². The summed E-state index contributed by atoms with van der Waals surface area (Å²) in [5, 5.41) is 20.1. The standard InChI is InChI=1S/C13H20N2O8/c1-7(12(20)14-6-11(19)23-3)15(8(2)16)9(13(21)22)4-5-10(17)18/h7,9H,4-6H2,1-3H3,(H,14,20)(H,17,18)(H,21,22). The van der Waals surface area contributed by atoms with Crippen LogP contribution in [0.1, 0.15) is 26.7 Å². The fourth-order valence-corrected chi connectivity index (χ4v) is 1.91. The minimum atomic E-state index is -1.47. The van der Waals surface area contributed by atoms with E-state index in [-0.39, 0.29) is 6.42 Å². The number of rotatable bonds is 9. The Labute approximate surface area is 132 Å². The molecule has 0 saturated heterocycles. The van der Waals surface area contributed by atoms with Gasteiger partial charge >= 0.3 is 17.9 Å². The number of carboxylic acid groups (broad SMARTS) is 2. The second kappa shape index (κ2) is 9.38. The number of aliphatic carboxylic acids is 2. The van der Waals surface area contributed by atoms with Crippen molar-refractivity contribution >= 4 is 29.7 Å². The fraction of sp³-hybridized carbons (Fsp3) is 0.615. The minimum absolute atomic E-state index is 0.348. The molecule has 2 atom stereocenters. The Morgan fingerprint density at radius 2 is 1.74 bits per heavy atom. The number of hydrogen-bond acceptors (Lipinski definition) is 6. The van der Waals surface area contributed by atoms with Crippen LogP contribution in [0.2, 0.25) is 0 Å². The zero-order valence-corrected chi connectivity index (χ0v) is 13.1. The average molecular weight is 332 g/mol. The van der Waals surface area contributed by atoms with Crippen LogP contribution in [0.3, 0.4) is 0 Å². The lowest BCUT2D eigenvalue weighted by Gasteiger charge is -2.32. The van der Waals surface area contributed by atoms with Crippen LogP contribution >= 0.6 is 0 Å². The van der Waals surface area contributed by atoms with Crippen LogP contribution in [0.15, 0.2) is 0 Å². The summed E-state index contributed by atoms with van der Waals surface area (Å²) in [6, 6.07) is -2.67. The lowest BCUT2D eigenvalue weighted by molar-refractivity contribution is -0.155. The van der Waals surface area contributed by atoms with Crippen LogP contribution in [0.5, 0.6) is 0 Å². The van der Waals surface area contributed by atoms with Crippen molar-refractivity contribution in [2.24, 2.45) is 0 Å². The molecule has 23 heavy (non-hydrogen) atoms. The van der Waals surface area contributed by atoms with Gasteiger partial charge in [0.15, 0.2) is 0 Å². The van der Waals surface area contributed by atoms with Crippen LogP contribution in [0.25, 0.3) is 0 Å². The van der Waals surface area contributed by atoms with Crippen LogP contribution in [-0.2, 0) is 28.7 Å². The molecule has 0 aliphatic carbocycles. The molecule has 0 fully saturated rings. The van der Waals surface area contributed by atoms with E-state index in [1.54, 1.807) is 0 Å². The third kappa shape index (κ3) is 6.76. The van der Waals surface area contributed by atoms with Gasteiger partial charge in [-0.1, -0.05) is 0 Å². The molecule has 0 aliphatic rings. The van der Waals surface area contributed by atoms with Crippen molar-refractivity contribution in [3.63, 3.8) is 0 Å². The van der Waals surface area contributed by atoms with Crippen LogP contribution in [0.4, 0.5) is 0 Å². The number of carbonyl (C=O) groups is 5. The maximum absolute atomic E-state index is 12.0. The van der Waals surface area contributed by atoms with E-state index < -0.39 is 54.8 Å². The molecule has 2 amide bonds. The predicted octanol–water partition coefficient (Wildman–Crippen LogP) is -1.17. The van der Waals surface area contributed by atoms with E-state index in [9.17, 15) is 29.1 Å². The van der Waals surface area contributed by atoms with E-state index in [0.717, 1.165) is 18.9 Å². The van der Waals surface area contributed by atoms with E-state index in [0.29, 0.717) is 0 Å². The molecular formula is C13H20N2O8. The predicted molar refractivity (Wildman–Crippen MR) is 75.3 cm³/mol. The summed E-state index contributed by atoms with van der Waals surface area (Å²) in [7, 11) is 1.13. The Balaban J connectivity index is 5.13. The number of esters is 1. The third-order valence-corrected chi connectivity index (χ3v) is 3.05. The Morgan fingerprint density at radius 1 is 1.17 bits per heavy atom. The van der Waals surface area contributed by atoms with Crippen molar-refractivity contribution in [1.82, 2.24) is 10.2 Å². The highest BCUT2D eigenvalue weighted by Gasteiger charge is 2.35. The van der Waals surface area contributed by atoms with Crippen molar-refractivity contribution in [2.45, 2.75) is 38.8 Å². The Hall–Kier alpha value is -2.65. The van der Waals surface area contributed by atoms with Crippen LogP contribution in [-0.4, -0.2) is 70.6 Å². The van der Waals surface area contributed by atoms with Gasteiger partial charge < -0.3 is 25.2 Å². The second-order valence-electron chi connectivity index (χ2n) is 4.68. The molecule has 0 spiro atoms. The molecule has 2 unspecified atom stereocenters. The largest absolute Gasteiger partial charge is 0.481 e. The summed E-state index contributed by atoms with van der Waals surface area (Å²) < 4.78 is 4.35. The lowest BCUT2D eigenvalue weighted by Crippen LogP contribution is -2.55. The number of amides is 2. The molecule has 10 heteroatoms. The number of nitrogens with zero attached hydrogens (tertiary/aromatic N) is 1. The molecule has 0 saturated carbocycles. The van der Waals surface area contributed by atoms with E-state index >= 15 is 0 Å². The first-order chi connectivity index (χ1) is 10.6. The van der Waals surface area contributed by atoms with E-state index in [2.05, 4.69) is 10.1 Å². The number of carbonyl (C=O) groups excluding carboxylic acids is 3. The molecule has 0 rings (SSSR count). The Bertz CT molecular complexity index is 490. The van der Waals surface area contributed by atoms with E-state index in [1.165, 1.54) is 6.92 Å². The van der Waals surface area contributed by atoms with Gasteiger partial charge in [0.2, 0.25) is 11.8 Å². The normalized spacial score (nSPS) is 12.7. The fourth-order valence-electron chi connectivity index (χ4n) is 1.91. The van der Waals surface area contributed by atoms with Crippen molar-refractivity contribution in [1.29, 1.82) is 0 Å². The molecule has 0 bridgehead atoms. The van der Waals surface area contributed by atoms with Crippen LogP contribution in [0, 0.1) is 0 Å². The van der Waals surface area contributed by atoms with Gasteiger partial charge in [0, 0.05) is 13.3 Å². The van der Waals surface area contributed by atoms with E-state index in [1.807, 2.05) is 0 Å². The second-order valence-corrected chi connectivity index (χ2v) is 4.68. The summed E-state index contributed by atoms with van der Waals surface area (Å²) in [6.45, 7) is 1.92. The van der Waals surface area contributed by atoms with Gasteiger partial charge in [-0.05, 0) is 13.3 Å². The quantitative estimate of drug-likeness (QED) is 0.447. The third-order valence-electron chi connectivity index (χ3n) is 3.05. The topological polar surface area (TPSA) is 150 Å². The maximum atomic E-state index is 12.0. The van der Waals surface area contributed by atoms with Gasteiger partial charge in [0.1, 0.15) is 18.6 Å². The average Bonchev–Trinajstić information content (AvgIpc) is 2.46. The minimum Gasteiger partial charge on any atom is -0.481 e. The first-order valence-corrected chi connectivity index (χ1v) is 6.69. The molecule has 0 heterocycles. The molecule has 130 valence electrons. The van der Waals surface area contributed by atoms with Crippen molar-refractivity contribution in [3.8, 4) is 0 Å². The SMILES string of the molecule is COC(=O)CNC(=O)C(C)N(C(C)=O)C(CCC(=O)O)C(=O)O. The summed E-state index contributed by atoms with van der Waals surface area (Å²) in [5.41, 5.74) is 0. The number of hydrogen-bond donors (Lipinski definition) is 3. The monoisotopic (exact) mass is 332 g/mol. The number of carboxylic acids is 2. The van der Waals surface area contributed by atoms with Gasteiger partial charge in [-0.25, -0.2) is 4.79 Å². The number of methoxy groups -OCH3 is 1. The van der Waals surface area contributed by atoms with Crippen molar-refractivity contribution in [3.05, 3.63) is 0 Å². The molecule has 10 nitrogen and oxygen atoms in total. The van der Waals surface area contributed by atoms with Crippen LogP contribution < -0.4 is 5.32 Å². The van der Waals surface area contributed by atoms with E-state index in [4.69, 9.17) is 5.11 Å². The van der Waals surface area contributed by atoms with Gasteiger partial charge in [0.25, 0.3) is 0 Å². The smallest absolute Gasteiger partial charge is 0.326 e. The molecular weight excluding hydrogens is 312 g/mol. The Kier molecular flexibility index (Phi) is 8.30. The summed E-state index contributed by atoms with van der Waals surface area (Å²) in [6.07, 6.45) is -0.823. The molecule has 3 N–H and O–H groups in total. The number of nitrogens with one attached hydrogen (secondary N) is 1. The first-order valence-electron chi connectivity index (χ1n) is 6.69. The lowest BCUT2D eigenvalue weighted by atomic mass is 10.1. The number of ether oxygens (including phenoxy) is 1. The summed E-state index contributed by atoms with van der Waals surface area (Å²) >= 11 is 0. The van der Waals surface area contributed by atoms with Gasteiger partial charge in [-0.15, -0.1) is 0 Å². The highest BCUT2D eigenvalue weighted by atomic mass is 16.5. The van der Waals surface area contributed by atoms with Gasteiger partial charge in [-0.2, -0.15) is 0 Å². The molecule has 0 aromatic carbocycles. The first kappa shape index (κ1) is 20.3. The molecule has 0 aliphatic heterocycles. The Morgan fingerprint density at radius 3 is 2.13 bits per heavy atom. The summed E-state index contributed by atoms with van der Waals surface area (Å²) in [4.78, 5) is 57.3. The highest BCUT2D eigenvalue weighted by molar-refractivity contribution is 5.91. The molecule has 0 radical (unpaired) electrons. The molecule has 0 aromatic heterocycles. The van der Waals surface area contributed by atoms with Crippen molar-refractivity contribution in [2.75, 3.05) is 13.7 Å². The zero-order chi connectivity index (χ0) is 18.2. The maximum Gasteiger partial charge on any atom is 0.326 e.